The molecule has 20 atom stereocenters. The summed E-state index contributed by atoms with van der Waals surface area (Å²) in [7, 11) is 0. The van der Waals surface area contributed by atoms with Crippen molar-refractivity contribution < 1.29 is 73.7 Å². The van der Waals surface area contributed by atoms with E-state index in [0.29, 0.717) is 19.6 Å². The van der Waals surface area contributed by atoms with Gasteiger partial charge in [0.25, 0.3) is 0 Å². The largest absolute Gasteiger partial charge is 0.394 e. The van der Waals surface area contributed by atoms with E-state index in [0.717, 1.165) is 24.8 Å². The summed E-state index contributed by atoms with van der Waals surface area (Å²) in [6.07, 6.45) is -19.5. The van der Waals surface area contributed by atoms with Gasteiger partial charge in [-0.1, -0.05) is 60.7 Å². The van der Waals surface area contributed by atoms with Crippen LogP contribution in [0.1, 0.15) is 30.4 Å². The molecule has 1 aliphatic carbocycles. The highest BCUT2D eigenvalue weighted by Crippen LogP contribution is 2.36. The lowest BCUT2D eigenvalue weighted by atomic mass is 9.83. The number of hydrogen-bond acceptors (Lipinski definition) is 22. The minimum absolute atomic E-state index is 0.0107. The van der Waals surface area contributed by atoms with E-state index in [9.17, 15) is 40.5 Å². The number of carbonyl (C=O) groups excluding carboxylic acids is 1. The summed E-state index contributed by atoms with van der Waals surface area (Å²) in [5.41, 5.74) is 33.3. The predicted octanol–water partition coefficient (Wildman–Crippen LogP) is -5.91. The lowest BCUT2D eigenvalue weighted by Gasteiger charge is -2.48. The van der Waals surface area contributed by atoms with Crippen molar-refractivity contribution in [3.05, 3.63) is 71.8 Å². The molecule has 0 aromatic heterocycles. The summed E-state index contributed by atoms with van der Waals surface area (Å²) in [6, 6.07) is 15.1. The molecule has 20 N–H and O–H groups in total. The Morgan fingerprint density at radius 1 is 0.667 bits per heavy atom. The van der Waals surface area contributed by atoms with Crippen LogP contribution in [0.5, 0.6) is 0 Å². The van der Waals surface area contributed by atoms with Gasteiger partial charge in [-0.15, -0.1) is 0 Å². The number of nitrogens with two attached hydrogens (primary N) is 5. The molecule has 1 saturated carbocycles. The van der Waals surface area contributed by atoms with Crippen LogP contribution in [0.3, 0.4) is 0 Å². The molecular formula is C46H76N8O15. The number of carbonyl (C=O) groups is 1. The summed E-state index contributed by atoms with van der Waals surface area (Å²) in [5.74, 6) is -0.817. The quantitative estimate of drug-likeness (QED) is 0.0412. The van der Waals surface area contributed by atoms with Crippen LogP contribution in [0.2, 0.25) is 0 Å². The van der Waals surface area contributed by atoms with Crippen molar-refractivity contribution in [3.8, 4) is 0 Å². The van der Waals surface area contributed by atoms with Gasteiger partial charge in [0.05, 0.1) is 31.3 Å². The first kappa shape index (κ1) is 55.4. The average Bonchev–Trinajstić information content (AvgIpc) is 3.68. The summed E-state index contributed by atoms with van der Waals surface area (Å²) in [6.45, 7) is 0.855. The number of aliphatic hydroxyl groups is 7. The molecule has 1 amide bonds. The second-order valence-electron chi connectivity index (χ2n) is 18.2. The number of nitrogens with one attached hydrogen (secondary N) is 3. The Bertz CT molecular complexity index is 1790. The number of aryl methyl sites for hydroxylation is 1. The monoisotopic (exact) mass is 981 g/mol. The van der Waals surface area contributed by atoms with E-state index < -0.39 is 135 Å². The van der Waals surface area contributed by atoms with Gasteiger partial charge in [-0.05, 0) is 62.9 Å². The molecule has 3 saturated heterocycles. The van der Waals surface area contributed by atoms with Crippen molar-refractivity contribution in [3.63, 3.8) is 0 Å². The summed E-state index contributed by atoms with van der Waals surface area (Å²) in [5, 5.41) is 86.1. The average molecular weight is 981 g/mol. The van der Waals surface area contributed by atoms with Crippen molar-refractivity contribution in [2.24, 2.45) is 28.7 Å². The fraction of sp³-hybridized carbons (Fsp3) is 0.717. The molecule has 3 heterocycles. The number of aliphatic hydroxyl groups excluding tert-OH is 7. The minimum Gasteiger partial charge on any atom is -0.394 e. The van der Waals surface area contributed by atoms with E-state index in [1.807, 2.05) is 60.7 Å². The molecular weight excluding hydrogens is 905 g/mol. The maximum absolute atomic E-state index is 13.1. The van der Waals surface area contributed by atoms with Crippen molar-refractivity contribution >= 4 is 5.91 Å². The Morgan fingerprint density at radius 2 is 1.25 bits per heavy atom. The maximum atomic E-state index is 13.1. The highest BCUT2D eigenvalue weighted by atomic mass is 16.8. The zero-order valence-electron chi connectivity index (χ0n) is 38.8. The van der Waals surface area contributed by atoms with Gasteiger partial charge < -0.3 is 114 Å². The van der Waals surface area contributed by atoms with Gasteiger partial charge in [-0.25, -0.2) is 0 Å². The van der Waals surface area contributed by atoms with Crippen molar-refractivity contribution in [2.45, 2.75) is 154 Å². The first-order valence-electron chi connectivity index (χ1n) is 24.0. The van der Waals surface area contributed by atoms with Gasteiger partial charge in [0.15, 0.2) is 18.9 Å². The molecule has 0 radical (unpaired) electrons. The fourth-order valence-corrected chi connectivity index (χ4v) is 9.12. The van der Waals surface area contributed by atoms with Gasteiger partial charge in [-0.3, -0.25) is 4.79 Å². The van der Waals surface area contributed by atoms with E-state index in [-0.39, 0.29) is 39.1 Å². The SMILES string of the molecule is NCC[C@H](O)C(=O)N[C@@H]1C[C@H](N)[C@@H](O[C@H]2O[C@H](CNCCCc3ccccc3)[C@@H](O)[C@H](O)[C@H]2N)[C@H](O[C@@H]2O[C@H](CO)[C@@H](O[C@H]3O[C@@H](CN)[C@@H](O)[C@H](O)[C@H]3N)[C@H]2OCCNCCc2ccccc2)[C@H]1O. The topological polar surface area (TPSA) is 389 Å². The number of hydrogen-bond donors (Lipinski definition) is 15. The molecule has 0 bridgehead atoms. The van der Waals surface area contributed by atoms with E-state index >= 15 is 0 Å². The molecule has 2 aromatic rings. The first-order valence-corrected chi connectivity index (χ1v) is 24.0. The molecule has 4 aliphatic rings. The van der Waals surface area contributed by atoms with Gasteiger partial charge >= 0.3 is 0 Å². The summed E-state index contributed by atoms with van der Waals surface area (Å²) < 4.78 is 44.1. The molecule has 390 valence electrons. The van der Waals surface area contributed by atoms with Crippen LogP contribution in [-0.2, 0) is 50.8 Å². The highest BCUT2D eigenvalue weighted by molar-refractivity contribution is 5.80. The van der Waals surface area contributed by atoms with E-state index in [1.54, 1.807) is 0 Å². The molecule has 69 heavy (non-hydrogen) atoms. The Kier molecular flexibility index (Phi) is 21.8. The van der Waals surface area contributed by atoms with Gasteiger partial charge in [0, 0.05) is 25.7 Å². The normalized spacial score (nSPS) is 37.7. The van der Waals surface area contributed by atoms with Crippen LogP contribution in [0.25, 0.3) is 0 Å². The third-order valence-corrected chi connectivity index (χ3v) is 13.2. The number of benzene rings is 2. The minimum atomic E-state index is -1.63. The predicted molar refractivity (Wildman–Crippen MR) is 247 cm³/mol. The highest BCUT2D eigenvalue weighted by Gasteiger charge is 2.56. The Hall–Kier alpha value is -2.93. The summed E-state index contributed by atoms with van der Waals surface area (Å²) >= 11 is 0. The number of amides is 1. The molecule has 2 aromatic carbocycles. The lowest BCUT2D eigenvalue weighted by Crippen LogP contribution is -2.69. The van der Waals surface area contributed by atoms with Crippen LogP contribution in [-0.4, -0.2) is 217 Å². The van der Waals surface area contributed by atoms with Gasteiger partial charge in [0.2, 0.25) is 5.91 Å². The van der Waals surface area contributed by atoms with Crippen molar-refractivity contribution in [2.75, 3.05) is 52.5 Å². The molecule has 23 nitrogen and oxygen atoms in total. The Balaban J connectivity index is 1.22. The van der Waals surface area contributed by atoms with Crippen molar-refractivity contribution in [1.82, 2.24) is 16.0 Å². The van der Waals surface area contributed by atoms with Gasteiger partial charge in [0.1, 0.15) is 79.4 Å². The van der Waals surface area contributed by atoms with Crippen molar-refractivity contribution in [1.29, 1.82) is 0 Å². The standard InChI is InChI=1S/C46H76N8O15/c47-15-13-28(56)43(62)54-27-20-26(49)39(67-45-33(51)38(61)36(59)30(65-45)22-53-16-7-12-24-8-3-1-4-9-24)41(34(27)57)69-46-42(63-19-18-52-17-14-25-10-5-2-6-11-25)40(31(23-55)66-46)68-44-32(50)37(60)35(58)29(21-48)64-44/h1-6,8-11,26-42,44-46,52-53,55-61H,7,12-23,47-51H2,(H,54,62)/t26-,27+,28-,29-,30+,31+,32+,33+,34-,35+,36+,37+,38+,39+,40+,41+,42+,44+,45+,46-/m0/s1. The zero-order chi connectivity index (χ0) is 49.6. The fourth-order valence-electron chi connectivity index (χ4n) is 9.12. The molecule has 6 rings (SSSR count). The third-order valence-electron chi connectivity index (χ3n) is 13.2. The van der Waals surface area contributed by atoms with E-state index in [4.69, 9.17) is 61.8 Å². The Labute approximate surface area is 402 Å². The zero-order valence-corrected chi connectivity index (χ0v) is 38.8. The van der Waals surface area contributed by atoms with Gasteiger partial charge in [-0.2, -0.15) is 0 Å². The molecule has 23 heteroatoms. The van der Waals surface area contributed by atoms with Crippen LogP contribution in [0.15, 0.2) is 60.7 Å². The molecule has 4 fully saturated rings. The lowest BCUT2D eigenvalue weighted by molar-refractivity contribution is -0.309. The number of rotatable bonds is 25. The molecule has 3 aliphatic heterocycles. The second-order valence-corrected chi connectivity index (χ2v) is 18.2. The van der Waals surface area contributed by atoms with Crippen LogP contribution in [0.4, 0.5) is 0 Å². The Morgan fingerprint density at radius 3 is 1.87 bits per heavy atom. The molecule has 0 unspecified atom stereocenters. The summed E-state index contributed by atoms with van der Waals surface area (Å²) in [4.78, 5) is 13.1. The van der Waals surface area contributed by atoms with Crippen LogP contribution in [0, 0.1) is 0 Å². The van der Waals surface area contributed by atoms with E-state index in [2.05, 4.69) is 16.0 Å². The third kappa shape index (κ3) is 14.6. The van der Waals surface area contributed by atoms with E-state index in [1.165, 1.54) is 5.56 Å². The van der Waals surface area contributed by atoms with Crippen LogP contribution < -0.4 is 44.6 Å². The number of ether oxygens (including phenoxy) is 7. The smallest absolute Gasteiger partial charge is 0.249 e. The first-order chi connectivity index (χ1) is 33.3. The second kappa shape index (κ2) is 27.2. The molecule has 0 spiro atoms. The maximum Gasteiger partial charge on any atom is 0.249 e. The van der Waals surface area contributed by atoms with Crippen LogP contribution >= 0.6 is 0 Å².